The molecule has 0 spiro atoms. The second kappa shape index (κ2) is 5.10. The summed E-state index contributed by atoms with van der Waals surface area (Å²) in [5.74, 6) is 6.12. The number of rotatable bonds is 7. The van der Waals surface area contributed by atoms with Crippen LogP contribution in [0.15, 0.2) is 0 Å². The average Bonchev–Trinajstić information content (AvgIpc) is 3.01. The summed E-state index contributed by atoms with van der Waals surface area (Å²) in [5, 5.41) is 0. The lowest BCUT2D eigenvalue weighted by atomic mass is 9.79. The Kier molecular flexibility index (Phi) is 3.97. The summed E-state index contributed by atoms with van der Waals surface area (Å²) in [5.41, 5.74) is 0. The molecule has 0 heteroatoms. The van der Waals surface area contributed by atoms with Crippen LogP contribution in [0.4, 0.5) is 0 Å². The fraction of sp³-hybridized carbons (Fsp3) is 1.00. The molecule has 0 aromatic rings. The van der Waals surface area contributed by atoms with E-state index < -0.39 is 0 Å². The number of hydrogen-bond donors (Lipinski definition) is 0. The Hall–Kier alpha value is 0. The lowest BCUT2D eigenvalue weighted by molar-refractivity contribution is 0.232. The molecule has 0 nitrogen and oxygen atoms in total. The van der Waals surface area contributed by atoms with Crippen LogP contribution in [0.1, 0.15) is 66.2 Å². The topological polar surface area (TPSA) is 0 Å². The van der Waals surface area contributed by atoms with Gasteiger partial charge < -0.3 is 0 Å². The Bertz CT molecular complexity index is 180. The third kappa shape index (κ3) is 3.25. The van der Waals surface area contributed by atoms with Gasteiger partial charge in [-0.05, 0) is 74.0 Å². The first kappa shape index (κ1) is 12.5. The molecule has 0 N–H and O–H groups in total. The van der Waals surface area contributed by atoms with Crippen molar-refractivity contribution in [3.05, 3.63) is 0 Å². The average molecular weight is 222 g/mol. The highest BCUT2D eigenvalue weighted by atomic mass is 14.5. The molecular formula is C16H30. The first-order valence-electron chi connectivity index (χ1n) is 7.59. The summed E-state index contributed by atoms with van der Waals surface area (Å²) in [7, 11) is 0. The zero-order chi connectivity index (χ0) is 11.7. The van der Waals surface area contributed by atoms with Gasteiger partial charge in [0.1, 0.15) is 0 Å². The third-order valence-electron chi connectivity index (χ3n) is 5.00. The second-order valence-electron chi connectivity index (χ2n) is 7.07. The Balaban J connectivity index is 1.78. The summed E-state index contributed by atoms with van der Waals surface area (Å²) in [6.07, 6.45) is 9.23. The van der Waals surface area contributed by atoms with Crippen LogP contribution >= 0.6 is 0 Å². The smallest absolute Gasteiger partial charge is 0.0357 e. The van der Waals surface area contributed by atoms with Crippen molar-refractivity contribution < 1.29 is 0 Å². The minimum atomic E-state index is 0.874. The molecule has 0 amide bonds. The molecule has 0 aliphatic heterocycles. The van der Waals surface area contributed by atoms with Crippen molar-refractivity contribution in [3.63, 3.8) is 0 Å². The summed E-state index contributed by atoms with van der Waals surface area (Å²) >= 11 is 0. The number of hydrogen-bond acceptors (Lipinski definition) is 0. The van der Waals surface area contributed by atoms with Crippen molar-refractivity contribution >= 4 is 0 Å². The summed E-state index contributed by atoms with van der Waals surface area (Å²) in [6.45, 7) is 9.64. The molecule has 0 aromatic carbocycles. The molecule has 94 valence electrons. The molecule has 2 aliphatic carbocycles. The van der Waals surface area contributed by atoms with Crippen molar-refractivity contribution in [1.29, 1.82) is 0 Å². The molecular weight excluding hydrogens is 192 g/mol. The van der Waals surface area contributed by atoms with Gasteiger partial charge in [0.2, 0.25) is 0 Å². The van der Waals surface area contributed by atoms with E-state index in [-0.39, 0.29) is 0 Å². The quantitative estimate of drug-likeness (QED) is 0.560. The maximum Gasteiger partial charge on any atom is -0.0357 e. The van der Waals surface area contributed by atoms with Crippen molar-refractivity contribution in [2.24, 2.45) is 35.5 Å². The standard InChI is InChI=1S/C16H30/c1-11(2)15(12(3)4)9-10-16(13-5-6-13)14-7-8-14/h11-16H,5-10H2,1-4H3. The largest absolute Gasteiger partial charge is 0.0625 e. The first-order valence-corrected chi connectivity index (χ1v) is 7.59. The summed E-state index contributed by atoms with van der Waals surface area (Å²) < 4.78 is 0. The monoisotopic (exact) mass is 222 g/mol. The lowest BCUT2D eigenvalue weighted by Gasteiger charge is -2.27. The maximum absolute atomic E-state index is 2.41. The zero-order valence-electron chi connectivity index (χ0n) is 11.7. The fourth-order valence-electron chi connectivity index (χ4n) is 3.73. The summed E-state index contributed by atoms with van der Waals surface area (Å²) in [4.78, 5) is 0. The van der Waals surface area contributed by atoms with Crippen LogP contribution in [0.2, 0.25) is 0 Å². The first-order chi connectivity index (χ1) is 7.59. The molecule has 2 aliphatic rings. The normalized spacial score (nSPS) is 21.8. The van der Waals surface area contributed by atoms with E-state index >= 15 is 0 Å². The third-order valence-corrected chi connectivity index (χ3v) is 5.00. The lowest BCUT2D eigenvalue weighted by Crippen LogP contribution is -2.18. The van der Waals surface area contributed by atoms with Gasteiger partial charge in [-0.1, -0.05) is 27.7 Å². The maximum atomic E-state index is 2.41. The van der Waals surface area contributed by atoms with Crippen LogP contribution < -0.4 is 0 Å². The van der Waals surface area contributed by atoms with Crippen molar-refractivity contribution in [2.75, 3.05) is 0 Å². The van der Waals surface area contributed by atoms with Gasteiger partial charge in [0.15, 0.2) is 0 Å². The molecule has 0 unspecified atom stereocenters. The van der Waals surface area contributed by atoms with Crippen LogP contribution in [0, 0.1) is 35.5 Å². The fourth-order valence-corrected chi connectivity index (χ4v) is 3.73. The van der Waals surface area contributed by atoms with E-state index in [0.29, 0.717) is 0 Å². The van der Waals surface area contributed by atoms with Crippen LogP contribution in [0.25, 0.3) is 0 Å². The van der Waals surface area contributed by atoms with Gasteiger partial charge in [0, 0.05) is 0 Å². The van der Waals surface area contributed by atoms with E-state index in [2.05, 4.69) is 27.7 Å². The van der Waals surface area contributed by atoms with Gasteiger partial charge in [-0.3, -0.25) is 0 Å². The van der Waals surface area contributed by atoms with Gasteiger partial charge >= 0.3 is 0 Å². The molecule has 0 heterocycles. The highest BCUT2D eigenvalue weighted by Crippen LogP contribution is 2.51. The minimum absolute atomic E-state index is 0.874. The summed E-state index contributed by atoms with van der Waals surface area (Å²) in [6, 6.07) is 0. The molecule has 0 saturated heterocycles. The highest BCUT2D eigenvalue weighted by Gasteiger charge is 2.41. The highest BCUT2D eigenvalue weighted by molar-refractivity contribution is 4.91. The predicted octanol–water partition coefficient (Wildman–Crippen LogP) is 5.13. The Morgan fingerprint density at radius 1 is 0.750 bits per heavy atom. The predicted molar refractivity (Wildman–Crippen MR) is 71.3 cm³/mol. The van der Waals surface area contributed by atoms with E-state index in [1.807, 2.05) is 0 Å². The van der Waals surface area contributed by atoms with Gasteiger partial charge in [-0.25, -0.2) is 0 Å². The van der Waals surface area contributed by atoms with Crippen LogP contribution in [-0.2, 0) is 0 Å². The Labute approximate surface area is 102 Å². The molecule has 0 bridgehead atoms. The molecule has 2 saturated carbocycles. The molecule has 2 fully saturated rings. The van der Waals surface area contributed by atoms with E-state index in [0.717, 1.165) is 35.5 Å². The SMILES string of the molecule is CC(C)C(CCC(C1CC1)C1CC1)C(C)C. The van der Waals surface area contributed by atoms with E-state index in [4.69, 9.17) is 0 Å². The Morgan fingerprint density at radius 3 is 1.50 bits per heavy atom. The van der Waals surface area contributed by atoms with Gasteiger partial charge in [-0.15, -0.1) is 0 Å². The van der Waals surface area contributed by atoms with Crippen LogP contribution in [0.5, 0.6) is 0 Å². The minimum Gasteiger partial charge on any atom is -0.0625 e. The van der Waals surface area contributed by atoms with Crippen molar-refractivity contribution in [2.45, 2.75) is 66.2 Å². The van der Waals surface area contributed by atoms with Crippen LogP contribution in [0.3, 0.4) is 0 Å². The van der Waals surface area contributed by atoms with E-state index in [1.165, 1.54) is 12.8 Å². The van der Waals surface area contributed by atoms with Crippen molar-refractivity contribution in [3.8, 4) is 0 Å². The molecule has 16 heavy (non-hydrogen) atoms. The Morgan fingerprint density at radius 2 is 1.19 bits per heavy atom. The van der Waals surface area contributed by atoms with Crippen molar-refractivity contribution in [1.82, 2.24) is 0 Å². The molecule has 0 aromatic heterocycles. The van der Waals surface area contributed by atoms with Gasteiger partial charge in [0.05, 0.1) is 0 Å². The van der Waals surface area contributed by atoms with E-state index in [9.17, 15) is 0 Å². The molecule has 0 radical (unpaired) electrons. The van der Waals surface area contributed by atoms with E-state index in [1.54, 1.807) is 25.7 Å². The van der Waals surface area contributed by atoms with Crippen LogP contribution in [-0.4, -0.2) is 0 Å². The molecule has 0 atom stereocenters. The van der Waals surface area contributed by atoms with Gasteiger partial charge in [0.25, 0.3) is 0 Å². The second-order valence-corrected chi connectivity index (χ2v) is 7.07. The zero-order valence-corrected chi connectivity index (χ0v) is 11.7. The molecule has 2 rings (SSSR count). The van der Waals surface area contributed by atoms with Gasteiger partial charge in [-0.2, -0.15) is 0 Å².